The monoisotopic (exact) mass is 224 g/mol. The van der Waals surface area contributed by atoms with E-state index in [0.29, 0.717) is 13.2 Å². The van der Waals surface area contributed by atoms with Gasteiger partial charge in [-0.3, -0.25) is 0 Å². The van der Waals surface area contributed by atoms with Crippen LogP contribution in [0.25, 0.3) is 6.08 Å². The molecule has 0 radical (unpaired) electrons. The zero-order chi connectivity index (χ0) is 12.0. The largest absolute Gasteiger partial charge is 0.478 e. The SMILES string of the molecule is CCOCc1ccc(F)c(/C=C/C(=O)O)c1. The van der Waals surface area contributed by atoms with Crippen molar-refractivity contribution in [3.05, 3.63) is 41.2 Å². The number of rotatable bonds is 5. The van der Waals surface area contributed by atoms with Crippen molar-refractivity contribution in [3.63, 3.8) is 0 Å². The average molecular weight is 224 g/mol. The Morgan fingerprint density at radius 3 is 2.94 bits per heavy atom. The molecule has 16 heavy (non-hydrogen) atoms. The van der Waals surface area contributed by atoms with Gasteiger partial charge in [-0.2, -0.15) is 0 Å². The molecular formula is C12H13FO3. The lowest BCUT2D eigenvalue weighted by atomic mass is 10.1. The zero-order valence-corrected chi connectivity index (χ0v) is 8.94. The number of hydrogen-bond acceptors (Lipinski definition) is 2. The zero-order valence-electron chi connectivity index (χ0n) is 8.94. The summed E-state index contributed by atoms with van der Waals surface area (Å²) in [6, 6.07) is 4.49. The van der Waals surface area contributed by atoms with Crippen molar-refractivity contribution in [1.29, 1.82) is 0 Å². The Hall–Kier alpha value is -1.68. The predicted octanol–water partition coefficient (Wildman–Crippen LogP) is 2.46. The van der Waals surface area contributed by atoms with E-state index in [9.17, 15) is 9.18 Å². The van der Waals surface area contributed by atoms with Crippen LogP contribution in [0.1, 0.15) is 18.1 Å². The second-order valence-corrected chi connectivity index (χ2v) is 3.16. The molecule has 0 spiro atoms. The van der Waals surface area contributed by atoms with Gasteiger partial charge in [-0.1, -0.05) is 6.07 Å². The number of carbonyl (C=O) groups is 1. The maximum Gasteiger partial charge on any atom is 0.328 e. The normalized spacial score (nSPS) is 10.9. The van der Waals surface area contributed by atoms with Gasteiger partial charge in [-0.25, -0.2) is 9.18 Å². The number of hydrogen-bond donors (Lipinski definition) is 1. The van der Waals surface area contributed by atoms with E-state index in [1.54, 1.807) is 12.1 Å². The first-order valence-electron chi connectivity index (χ1n) is 4.90. The molecule has 0 saturated heterocycles. The van der Waals surface area contributed by atoms with Crippen LogP contribution in [0.3, 0.4) is 0 Å². The highest BCUT2D eigenvalue weighted by atomic mass is 19.1. The third-order valence-corrected chi connectivity index (χ3v) is 1.94. The van der Waals surface area contributed by atoms with Crippen LogP contribution in [-0.2, 0) is 16.1 Å². The molecule has 1 rings (SSSR count). The fourth-order valence-corrected chi connectivity index (χ4v) is 1.19. The van der Waals surface area contributed by atoms with Gasteiger partial charge in [0.1, 0.15) is 5.82 Å². The van der Waals surface area contributed by atoms with Gasteiger partial charge in [0.2, 0.25) is 0 Å². The van der Waals surface area contributed by atoms with Crippen LogP contribution in [0.15, 0.2) is 24.3 Å². The highest BCUT2D eigenvalue weighted by Gasteiger charge is 2.01. The number of carboxylic acid groups (broad SMARTS) is 1. The highest BCUT2D eigenvalue weighted by Crippen LogP contribution is 2.13. The van der Waals surface area contributed by atoms with Gasteiger partial charge in [-0.15, -0.1) is 0 Å². The molecule has 0 bridgehead atoms. The molecule has 0 fully saturated rings. The minimum Gasteiger partial charge on any atom is -0.478 e. The van der Waals surface area contributed by atoms with Crippen LogP contribution >= 0.6 is 0 Å². The Kier molecular flexibility index (Phi) is 4.66. The van der Waals surface area contributed by atoms with Gasteiger partial charge in [0.25, 0.3) is 0 Å². The average Bonchev–Trinajstić information content (AvgIpc) is 2.26. The summed E-state index contributed by atoms with van der Waals surface area (Å²) < 4.78 is 18.4. The third-order valence-electron chi connectivity index (χ3n) is 1.94. The van der Waals surface area contributed by atoms with Gasteiger partial charge in [0, 0.05) is 18.2 Å². The lowest BCUT2D eigenvalue weighted by Crippen LogP contribution is -1.94. The molecule has 1 N–H and O–H groups in total. The van der Waals surface area contributed by atoms with E-state index in [1.807, 2.05) is 6.92 Å². The standard InChI is InChI=1S/C12H13FO3/c1-2-16-8-9-3-5-11(13)10(7-9)4-6-12(14)15/h3-7H,2,8H2,1H3,(H,14,15)/b6-4+. The topological polar surface area (TPSA) is 46.5 Å². The quantitative estimate of drug-likeness (QED) is 0.781. The summed E-state index contributed by atoms with van der Waals surface area (Å²) in [6.45, 7) is 2.84. The predicted molar refractivity (Wildman–Crippen MR) is 58.4 cm³/mol. The summed E-state index contributed by atoms with van der Waals surface area (Å²) in [5.41, 5.74) is 1.06. The molecule has 0 amide bonds. The van der Waals surface area contributed by atoms with Crippen LogP contribution in [-0.4, -0.2) is 17.7 Å². The molecule has 0 aliphatic carbocycles. The van der Waals surface area contributed by atoms with Crippen molar-refractivity contribution in [2.75, 3.05) is 6.61 Å². The molecule has 0 aliphatic rings. The molecule has 0 atom stereocenters. The van der Waals surface area contributed by atoms with Crippen LogP contribution in [0.4, 0.5) is 4.39 Å². The van der Waals surface area contributed by atoms with E-state index in [1.165, 1.54) is 12.1 Å². The maximum atomic E-state index is 13.3. The first-order chi connectivity index (χ1) is 7.63. The van der Waals surface area contributed by atoms with Crippen LogP contribution < -0.4 is 0 Å². The summed E-state index contributed by atoms with van der Waals surface area (Å²) in [4.78, 5) is 10.3. The Morgan fingerprint density at radius 1 is 1.56 bits per heavy atom. The van der Waals surface area contributed by atoms with E-state index in [2.05, 4.69) is 0 Å². The van der Waals surface area contributed by atoms with Crippen molar-refractivity contribution < 1.29 is 19.0 Å². The number of ether oxygens (including phenoxy) is 1. The molecular weight excluding hydrogens is 211 g/mol. The molecule has 3 nitrogen and oxygen atoms in total. The van der Waals surface area contributed by atoms with Crippen molar-refractivity contribution >= 4 is 12.0 Å². The van der Waals surface area contributed by atoms with Crippen molar-refractivity contribution in [3.8, 4) is 0 Å². The number of halogens is 1. The Morgan fingerprint density at radius 2 is 2.31 bits per heavy atom. The molecule has 0 heterocycles. The third kappa shape index (κ3) is 3.82. The Balaban J connectivity index is 2.85. The molecule has 1 aromatic carbocycles. The Bertz CT molecular complexity index is 399. The fraction of sp³-hybridized carbons (Fsp3) is 0.250. The minimum absolute atomic E-state index is 0.250. The first kappa shape index (κ1) is 12.4. The molecule has 86 valence electrons. The van der Waals surface area contributed by atoms with Crippen molar-refractivity contribution in [1.82, 2.24) is 0 Å². The van der Waals surface area contributed by atoms with Gasteiger partial charge < -0.3 is 9.84 Å². The minimum atomic E-state index is -1.10. The van der Waals surface area contributed by atoms with E-state index in [0.717, 1.165) is 11.6 Å². The lowest BCUT2D eigenvalue weighted by molar-refractivity contribution is -0.131. The Labute approximate surface area is 93.2 Å². The van der Waals surface area contributed by atoms with Crippen LogP contribution in [0, 0.1) is 5.82 Å². The van der Waals surface area contributed by atoms with E-state index in [4.69, 9.17) is 9.84 Å². The van der Waals surface area contributed by atoms with Crippen molar-refractivity contribution in [2.45, 2.75) is 13.5 Å². The number of aliphatic carboxylic acids is 1. The smallest absolute Gasteiger partial charge is 0.328 e. The van der Waals surface area contributed by atoms with Gasteiger partial charge >= 0.3 is 5.97 Å². The molecule has 1 aromatic rings. The van der Waals surface area contributed by atoms with E-state index in [-0.39, 0.29) is 5.56 Å². The lowest BCUT2D eigenvalue weighted by Gasteiger charge is -2.03. The second kappa shape index (κ2) is 6.02. The van der Waals surface area contributed by atoms with Crippen molar-refractivity contribution in [2.24, 2.45) is 0 Å². The fourth-order valence-electron chi connectivity index (χ4n) is 1.19. The summed E-state index contributed by atoms with van der Waals surface area (Å²) in [5, 5.41) is 8.44. The van der Waals surface area contributed by atoms with Gasteiger partial charge in [0.05, 0.1) is 6.61 Å². The molecule has 0 aromatic heterocycles. The van der Waals surface area contributed by atoms with Crippen LogP contribution in [0.5, 0.6) is 0 Å². The molecule has 0 unspecified atom stereocenters. The first-order valence-corrected chi connectivity index (χ1v) is 4.90. The maximum absolute atomic E-state index is 13.3. The summed E-state index contributed by atoms with van der Waals surface area (Å²) in [5.74, 6) is -1.55. The summed E-state index contributed by atoms with van der Waals surface area (Å²) >= 11 is 0. The number of carboxylic acids is 1. The highest BCUT2D eigenvalue weighted by molar-refractivity contribution is 5.85. The summed E-state index contributed by atoms with van der Waals surface area (Å²) in [7, 11) is 0. The van der Waals surface area contributed by atoms with Crippen LogP contribution in [0.2, 0.25) is 0 Å². The van der Waals surface area contributed by atoms with Gasteiger partial charge in [-0.05, 0) is 30.7 Å². The van der Waals surface area contributed by atoms with E-state index < -0.39 is 11.8 Å². The van der Waals surface area contributed by atoms with E-state index >= 15 is 0 Å². The molecule has 0 saturated carbocycles. The molecule has 0 aliphatic heterocycles. The number of benzene rings is 1. The summed E-state index contributed by atoms with van der Waals surface area (Å²) in [6.07, 6.45) is 2.13. The molecule has 4 heteroatoms. The second-order valence-electron chi connectivity index (χ2n) is 3.16. The van der Waals surface area contributed by atoms with Gasteiger partial charge in [0.15, 0.2) is 0 Å².